The molecule has 0 aliphatic heterocycles. The topological polar surface area (TPSA) is 71.2 Å². The van der Waals surface area contributed by atoms with Crippen molar-refractivity contribution in [3.8, 4) is 0 Å². The average Bonchev–Trinajstić information content (AvgIpc) is 2.97. The van der Waals surface area contributed by atoms with E-state index in [1.165, 1.54) is 4.90 Å². The van der Waals surface area contributed by atoms with Crippen molar-refractivity contribution in [3.05, 3.63) is 36.3 Å². The van der Waals surface area contributed by atoms with Gasteiger partial charge in [0.25, 0.3) is 0 Å². The molecule has 138 valence electrons. The number of fused-ring (bicyclic) bond motifs is 3. The number of aromatic nitrogens is 3. The van der Waals surface area contributed by atoms with Crippen molar-refractivity contribution in [1.82, 2.24) is 19.4 Å². The summed E-state index contributed by atoms with van der Waals surface area (Å²) in [5, 5.41) is 10.6. The Morgan fingerprint density at radius 3 is 2.62 bits per heavy atom. The number of pyridine rings is 1. The third-order valence-electron chi connectivity index (χ3n) is 4.54. The highest BCUT2D eigenvalue weighted by molar-refractivity contribution is 6.17. The minimum atomic E-state index is -0.937. The molecule has 26 heavy (non-hydrogen) atoms. The van der Waals surface area contributed by atoms with Crippen molar-refractivity contribution in [3.63, 3.8) is 0 Å². The molecule has 7 heteroatoms. The van der Waals surface area contributed by atoms with Gasteiger partial charge >= 0.3 is 6.09 Å². The van der Waals surface area contributed by atoms with Gasteiger partial charge in [-0.1, -0.05) is 18.2 Å². The van der Waals surface area contributed by atoms with Gasteiger partial charge in [0.2, 0.25) is 0 Å². The Kier molecular flexibility index (Phi) is 4.80. The zero-order valence-corrected chi connectivity index (χ0v) is 16.2. The van der Waals surface area contributed by atoms with E-state index in [2.05, 4.69) is 9.97 Å². The number of imidazole rings is 1. The van der Waals surface area contributed by atoms with Gasteiger partial charge in [-0.25, -0.2) is 9.78 Å². The molecule has 1 amide bonds. The van der Waals surface area contributed by atoms with Crippen LogP contribution in [0, 0.1) is 0 Å². The molecule has 0 unspecified atom stereocenters. The second-order valence-electron chi connectivity index (χ2n) is 7.45. The fraction of sp³-hybridized carbons (Fsp3) is 0.421. The number of para-hydroxylation sites is 1. The van der Waals surface area contributed by atoms with E-state index in [4.69, 9.17) is 11.6 Å². The first-order valence-electron chi connectivity index (χ1n) is 8.55. The maximum atomic E-state index is 11.7. The lowest BCUT2D eigenvalue weighted by Gasteiger charge is -2.35. The van der Waals surface area contributed by atoms with Gasteiger partial charge in [-0.05, 0) is 33.8 Å². The van der Waals surface area contributed by atoms with Gasteiger partial charge in [0.05, 0.1) is 29.2 Å². The lowest BCUT2D eigenvalue weighted by atomic mass is 10.1. The number of alkyl halides is 1. The van der Waals surface area contributed by atoms with Crippen LogP contribution in [0.4, 0.5) is 4.79 Å². The number of halogens is 1. The van der Waals surface area contributed by atoms with Crippen LogP contribution >= 0.6 is 11.6 Å². The molecular formula is C19H23ClN4O2. The largest absolute Gasteiger partial charge is 0.465 e. The number of carboxylic acid groups (broad SMARTS) is 1. The van der Waals surface area contributed by atoms with Gasteiger partial charge < -0.3 is 14.6 Å². The molecule has 0 fully saturated rings. The Bertz CT molecular complexity index is 961. The van der Waals surface area contributed by atoms with Crippen molar-refractivity contribution < 1.29 is 9.90 Å². The zero-order valence-electron chi connectivity index (χ0n) is 15.4. The molecule has 1 aromatic carbocycles. The molecule has 0 aliphatic rings. The Balaban J connectivity index is 2.16. The Morgan fingerprint density at radius 1 is 1.31 bits per heavy atom. The van der Waals surface area contributed by atoms with E-state index >= 15 is 0 Å². The van der Waals surface area contributed by atoms with Crippen LogP contribution in [-0.2, 0) is 5.88 Å². The second kappa shape index (κ2) is 6.76. The van der Waals surface area contributed by atoms with Gasteiger partial charge in [0.1, 0.15) is 11.3 Å². The lowest BCUT2D eigenvalue weighted by molar-refractivity contribution is 0.0916. The summed E-state index contributed by atoms with van der Waals surface area (Å²) in [5.74, 6) is 0.960. The molecule has 0 radical (unpaired) electrons. The molecule has 2 aromatic heterocycles. The third-order valence-corrected chi connectivity index (χ3v) is 4.78. The summed E-state index contributed by atoms with van der Waals surface area (Å²) in [6, 6.07) is 7.74. The minimum absolute atomic E-state index is 0.130. The summed E-state index contributed by atoms with van der Waals surface area (Å²) in [7, 11) is 0. The molecule has 3 aromatic rings. The van der Waals surface area contributed by atoms with Gasteiger partial charge in [0, 0.05) is 17.5 Å². The van der Waals surface area contributed by atoms with E-state index in [1.54, 1.807) is 6.20 Å². The molecular weight excluding hydrogens is 352 g/mol. The predicted octanol–water partition coefficient (Wildman–Crippen LogP) is 4.66. The van der Waals surface area contributed by atoms with Crippen LogP contribution in [-0.4, -0.2) is 42.7 Å². The van der Waals surface area contributed by atoms with E-state index in [-0.39, 0.29) is 11.9 Å². The number of benzene rings is 1. The van der Waals surface area contributed by atoms with Crippen LogP contribution in [0.15, 0.2) is 30.5 Å². The number of rotatable bonds is 4. The van der Waals surface area contributed by atoms with E-state index < -0.39 is 11.6 Å². The first-order valence-corrected chi connectivity index (χ1v) is 9.08. The van der Waals surface area contributed by atoms with Crippen molar-refractivity contribution >= 4 is 39.6 Å². The first kappa shape index (κ1) is 18.5. The molecule has 6 nitrogen and oxygen atoms in total. The van der Waals surface area contributed by atoms with E-state index in [9.17, 15) is 9.90 Å². The van der Waals surface area contributed by atoms with E-state index in [1.807, 2.05) is 56.5 Å². The van der Waals surface area contributed by atoms with Crippen LogP contribution in [0.2, 0.25) is 0 Å². The van der Waals surface area contributed by atoms with Gasteiger partial charge in [0.15, 0.2) is 0 Å². The fourth-order valence-electron chi connectivity index (χ4n) is 3.33. The summed E-state index contributed by atoms with van der Waals surface area (Å²) >= 11 is 6.15. The molecule has 3 rings (SSSR count). The van der Waals surface area contributed by atoms with Crippen LogP contribution in [0.1, 0.15) is 39.6 Å². The summed E-state index contributed by atoms with van der Waals surface area (Å²) in [4.78, 5) is 22.3. The highest BCUT2D eigenvalue weighted by Gasteiger charge is 2.29. The number of hydrogen-bond acceptors (Lipinski definition) is 3. The fourth-order valence-corrected chi connectivity index (χ4v) is 3.52. The second-order valence-corrected chi connectivity index (χ2v) is 7.72. The number of carbonyl (C=O) groups is 1. The minimum Gasteiger partial charge on any atom is -0.465 e. The predicted molar refractivity (Wildman–Crippen MR) is 104 cm³/mol. The van der Waals surface area contributed by atoms with Crippen molar-refractivity contribution in [2.45, 2.75) is 45.2 Å². The smallest absolute Gasteiger partial charge is 0.407 e. The van der Waals surface area contributed by atoms with E-state index in [0.717, 1.165) is 21.9 Å². The molecule has 1 N–H and O–H groups in total. The zero-order chi connectivity index (χ0) is 19.1. The lowest BCUT2D eigenvalue weighted by Crippen LogP contribution is -2.47. The molecule has 0 spiro atoms. The maximum absolute atomic E-state index is 11.7. The SMILES string of the molecule is C[C@@H](CN(C(=O)O)C(C)(C)C)n1c(CCl)nc2cnc3ccccc3c21. The number of nitrogens with zero attached hydrogens (tertiary/aromatic N) is 4. The molecule has 0 bridgehead atoms. The Hall–Kier alpha value is -2.34. The quantitative estimate of drug-likeness (QED) is 0.674. The average molecular weight is 375 g/mol. The van der Waals surface area contributed by atoms with Crippen LogP contribution in [0.5, 0.6) is 0 Å². The van der Waals surface area contributed by atoms with Crippen LogP contribution in [0.25, 0.3) is 21.9 Å². The first-order chi connectivity index (χ1) is 12.2. The monoisotopic (exact) mass is 374 g/mol. The van der Waals surface area contributed by atoms with Crippen molar-refractivity contribution in [1.29, 1.82) is 0 Å². The summed E-state index contributed by atoms with van der Waals surface area (Å²) in [5.41, 5.74) is 2.09. The molecule has 0 saturated heterocycles. The highest BCUT2D eigenvalue weighted by atomic mass is 35.5. The molecule has 1 atom stereocenters. The third kappa shape index (κ3) is 3.21. The van der Waals surface area contributed by atoms with Crippen LogP contribution in [0.3, 0.4) is 0 Å². The number of amides is 1. The van der Waals surface area contributed by atoms with Gasteiger partial charge in [-0.2, -0.15) is 0 Å². The van der Waals surface area contributed by atoms with Gasteiger partial charge in [-0.3, -0.25) is 4.98 Å². The van der Waals surface area contributed by atoms with E-state index in [0.29, 0.717) is 12.4 Å². The molecule has 0 saturated carbocycles. The standard InChI is InChI=1S/C19H23ClN4O2/c1-12(11-23(18(25)26)19(2,3)4)24-16(9-20)22-15-10-21-14-8-6-5-7-13(14)17(15)24/h5-8,10,12H,9,11H2,1-4H3,(H,25,26)/t12-/m0/s1. The summed E-state index contributed by atoms with van der Waals surface area (Å²) in [6.07, 6.45) is 0.808. The Morgan fingerprint density at radius 2 is 2.00 bits per heavy atom. The highest BCUT2D eigenvalue weighted by Crippen LogP contribution is 2.29. The summed E-state index contributed by atoms with van der Waals surface area (Å²) in [6.45, 7) is 8.00. The van der Waals surface area contributed by atoms with Crippen molar-refractivity contribution in [2.75, 3.05) is 6.54 Å². The van der Waals surface area contributed by atoms with Crippen molar-refractivity contribution in [2.24, 2.45) is 0 Å². The Labute approximate surface area is 157 Å². The normalized spacial score (nSPS) is 13.3. The molecule has 0 aliphatic carbocycles. The maximum Gasteiger partial charge on any atom is 0.407 e. The number of hydrogen-bond donors (Lipinski definition) is 1. The van der Waals surface area contributed by atoms with Crippen LogP contribution < -0.4 is 0 Å². The summed E-state index contributed by atoms with van der Waals surface area (Å²) < 4.78 is 2.05. The molecule has 2 heterocycles. The van der Waals surface area contributed by atoms with Gasteiger partial charge in [-0.15, -0.1) is 11.6 Å².